The van der Waals surface area contributed by atoms with Crippen LogP contribution in [-0.2, 0) is 4.79 Å². The first-order valence-electron chi connectivity index (χ1n) is 6.79. The Hall–Kier alpha value is -2.11. The zero-order valence-electron chi connectivity index (χ0n) is 11.9. The van der Waals surface area contributed by atoms with E-state index in [1.165, 1.54) is 0 Å². The molecular weight excluding hydrogens is 314 g/mol. The Morgan fingerprint density at radius 3 is 2.55 bits per heavy atom. The highest BCUT2D eigenvalue weighted by molar-refractivity contribution is 7.80. The van der Waals surface area contributed by atoms with Crippen LogP contribution in [0.1, 0.15) is 28.6 Å². The molecule has 0 aliphatic carbocycles. The summed E-state index contributed by atoms with van der Waals surface area (Å²) in [5, 5.41) is 2.93. The van der Waals surface area contributed by atoms with Gasteiger partial charge in [0, 0.05) is 15.3 Å². The Bertz CT molecular complexity index is 800. The van der Waals surface area contributed by atoms with E-state index >= 15 is 0 Å². The number of benzene rings is 1. The number of thiocarbonyl (C=S) groups is 1. The number of hydrogen-bond acceptors (Lipinski definition) is 4. The van der Waals surface area contributed by atoms with Crippen molar-refractivity contribution in [2.45, 2.75) is 13.3 Å². The molecule has 3 rings (SSSR count). The van der Waals surface area contributed by atoms with Gasteiger partial charge in [0.1, 0.15) is 0 Å². The molecule has 1 aromatic heterocycles. The number of carbonyl (C=O) groups excluding carboxylic acids is 2. The number of hydrogen-bond donors (Lipinski definition) is 1. The van der Waals surface area contributed by atoms with Gasteiger partial charge < -0.3 is 5.32 Å². The quantitative estimate of drug-likeness (QED) is 0.528. The van der Waals surface area contributed by atoms with Crippen LogP contribution in [0.15, 0.2) is 42.1 Å². The summed E-state index contributed by atoms with van der Waals surface area (Å²) in [5.74, 6) is 0.0932. The summed E-state index contributed by atoms with van der Waals surface area (Å²) in [5.41, 5.74) is 2.32. The van der Waals surface area contributed by atoms with Crippen molar-refractivity contribution < 1.29 is 9.59 Å². The van der Waals surface area contributed by atoms with E-state index in [9.17, 15) is 9.59 Å². The fraction of sp³-hybridized carbons (Fsp3) is 0.118. The first-order chi connectivity index (χ1) is 10.5. The van der Waals surface area contributed by atoms with Crippen LogP contribution >= 0.6 is 23.6 Å². The topological polar surface area (TPSA) is 46.2 Å². The molecule has 0 unspecified atom stereocenters. The number of Topliss-reactive ketones (excluding diaryl/α,β-unsaturated/α-hetero) is 2. The van der Waals surface area contributed by atoms with E-state index in [1.54, 1.807) is 18.3 Å². The molecule has 0 bridgehead atoms. The van der Waals surface area contributed by atoms with Crippen molar-refractivity contribution in [3.63, 3.8) is 0 Å². The Morgan fingerprint density at radius 2 is 1.95 bits per heavy atom. The molecule has 1 saturated heterocycles. The molecule has 110 valence electrons. The second-order valence-electron chi connectivity index (χ2n) is 5.04. The molecule has 0 atom stereocenters. The largest absolute Gasteiger partial charge is 0.347 e. The summed E-state index contributed by atoms with van der Waals surface area (Å²) in [6.45, 7) is 1.56. The zero-order valence-corrected chi connectivity index (χ0v) is 13.5. The smallest absolute Gasteiger partial charge is 0.185 e. The van der Waals surface area contributed by atoms with Crippen molar-refractivity contribution in [2.75, 3.05) is 0 Å². The highest BCUT2D eigenvalue weighted by Gasteiger charge is 2.21. The van der Waals surface area contributed by atoms with E-state index < -0.39 is 0 Å². The minimum absolute atomic E-state index is 0.0331. The van der Waals surface area contributed by atoms with Crippen molar-refractivity contribution in [1.82, 2.24) is 5.32 Å². The van der Waals surface area contributed by atoms with Gasteiger partial charge in [0.15, 0.2) is 11.6 Å². The van der Waals surface area contributed by atoms with Gasteiger partial charge in [0.2, 0.25) is 0 Å². The summed E-state index contributed by atoms with van der Waals surface area (Å²) >= 11 is 6.60. The minimum Gasteiger partial charge on any atom is -0.347 e. The van der Waals surface area contributed by atoms with Gasteiger partial charge in [-0.1, -0.05) is 36.5 Å². The molecule has 1 aromatic carbocycles. The minimum atomic E-state index is 0.0331. The first-order valence-corrected chi connectivity index (χ1v) is 8.01. The van der Waals surface area contributed by atoms with E-state index in [2.05, 4.69) is 5.32 Å². The number of ketones is 2. The van der Waals surface area contributed by atoms with Gasteiger partial charge in [0.05, 0.1) is 17.1 Å². The molecule has 0 spiro atoms. The average molecular weight is 327 g/mol. The van der Waals surface area contributed by atoms with Crippen molar-refractivity contribution >= 4 is 46.2 Å². The molecule has 1 fully saturated rings. The fourth-order valence-electron chi connectivity index (χ4n) is 2.22. The van der Waals surface area contributed by atoms with E-state index in [-0.39, 0.29) is 11.6 Å². The number of carbonyl (C=O) groups is 2. The van der Waals surface area contributed by atoms with Gasteiger partial charge >= 0.3 is 0 Å². The summed E-state index contributed by atoms with van der Waals surface area (Å²) in [6.07, 6.45) is 2.13. The monoisotopic (exact) mass is 327 g/mol. The van der Waals surface area contributed by atoms with Gasteiger partial charge in [-0.25, -0.2) is 0 Å². The highest BCUT2D eigenvalue weighted by Crippen LogP contribution is 2.30. The molecule has 0 saturated carbocycles. The van der Waals surface area contributed by atoms with Gasteiger partial charge in [0.25, 0.3) is 0 Å². The van der Waals surface area contributed by atoms with E-state index in [0.717, 1.165) is 15.3 Å². The average Bonchev–Trinajstić information content (AvgIpc) is 3.06. The second kappa shape index (κ2) is 5.94. The maximum Gasteiger partial charge on any atom is 0.185 e. The Morgan fingerprint density at radius 1 is 1.23 bits per heavy atom. The Balaban J connectivity index is 1.85. The number of thiophene rings is 1. The van der Waals surface area contributed by atoms with E-state index in [1.807, 2.05) is 42.5 Å². The lowest BCUT2D eigenvalue weighted by atomic mass is 10.1. The molecule has 5 heteroatoms. The summed E-state index contributed by atoms with van der Waals surface area (Å²) in [6, 6.07) is 11.5. The molecule has 1 aliphatic heterocycles. The number of nitrogens with one attached hydrogen (secondary N) is 1. The van der Waals surface area contributed by atoms with Crippen LogP contribution in [0.3, 0.4) is 0 Å². The van der Waals surface area contributed by atoms with Crippen molar-refractivity contribution in [1.29, 1.82) is 0 Å². The van der Waals surface area contributed by atoms with Crippen molar-refractivity contribution in [2.24, 2.45) is 0 Å². The van der Waals surface area contributed by atoms with Crippen LogP contribution in [0.25, 0.3) is 16.5 Å². The summed E-state index contributed by atoms with van der Waals surface area (Å²) in [7, 11) is 0. The van der Waals surface area contributed by atoms with Gasteiger partial charge in [-0.05, 0) is 30.7 Å². The normalized spacial score (nSPS) is 16.1. The Labute approximate surface area is 137 Å². The lowest BCUT2D eigenvalue weighted by Crippen LogP contribution is -2.10. The molecule has 1 aliphatic rings. The molecule has 0 radical (unpaired) electrons. The molecule has 1 N–H and O–H groups in total. The molecule has 3 nitrogen and oxygen atoms in total. The van der Waals surface area contributed by atoms with E-state index in [4.69, 9.17) is 12.2 Å². The molecule has 0 amide bonds. The van der Waals surface area contributed by atoms with Crippen LogP contribution in [0.5, 0.6) is 0 Å². The summed E-state index contributed by atoms with van der Waals surface area (Å²) in [4.78, 5) is 25.7. The van der Waals surface area contributed by atoms with Gasteiger partial charge in [-0.3, -0.25) is 9.59 Å². The molecule has 22 heavy (non-hydrogen) atoms. The van der Waals surface area contributed by atoms with Crippen LogP contribution in [0.2, 0.25) is 0 Å². The third-order valence-electron chi connectivity index (χ3n) is 3.38. The highest BCUT2D eigenvalue weighted by atomic mass is 32.1. The molecule has 2 heterocycles. The molecular formula is C17H13NO2S2. The zero-order chi connectivity index (χ0) is 15.7. The predicted molar refractivity (Wildman–Crippen MR) is 93.1 cm³/mol. The lowest BCUT2D eigenvalue weighted by molar-refractivity contribution is -0.114. The van der Waals surface area contributed by atoms with Crippen molar-refractivity contribution in [3.05, 3.63) is 52.5 Å². The van der Waals surface area contributed by atoms with Crippen molar-refractivity contribution in [3.8, 4) is 10.4 Å². The third-order valence-corrected chi connectivity index (χ3v) is 4.71. The van der Waals surface area contributed by atoms with Gasteiger partial charge in [-0.2, -0.15) is 0 Å². The third kappa shape index (κ3) is 3.05. The predicted octanol–water partition coefficient (Wildman–Crippen LogP) is 3.85. The van der Waals surface area contributed by atoms with Crippen LogP contribution in [0.4, 0.5) is 0 Å². The number of allylic oxidation sites excluding steroid dienone is 1. The van der Waals surface area contributed by atoms with Crippen LogP contribution < -0.4 is 5.32 Å². The van der Waals surface area contributed by atoms with Crippen LogP contribution in [-0.4, -0.2) is 16.6 Å². The summed E-state index contributed by atoms with van der Waals surface area (Å²) < 4.78 is 0. The molecule has 2 aromatic rings. The maximum absolute atomic E-state index is 11.7. The van der Waals surface area contributed by atoms with Gasteiger partial charge in [-0.15, -0.1) is 11.3 Å². The second-order valence-corrected chi connectivity index (χ2v) is 6.65. The SMILES string of the molecule is CC(=O)c1ccc(-c2ccc(/C=C3/NC(=S)CC3=O)s2)cc1. The maximum atomic E-state index is 11.7. The number of rotatable bonds is 3. The lowest BCUT2D eigenvalue weighted by Gasteiger charge is -1.99. The Kier molecular flexibility index (Phi) is 4.00. The van der Waals surface area contributed by atoms with E-state index in [0.29, 0.717) is 22.7 Å². The van der Waals surface area contributed by atoms with Crippen LogP contribution in [0, 0.1) is 0 Å². The standard InChI is InChI=1S/C17H13NO2S2/c1-10(19)11-2-4-12(5-3-11)16-7-6-13(22-16)8-14-15(20)9-17(21)18-14/h2-8H,9H2,1H3,(H,18,21)/b14-8+. The fourth-order valence-corrected chi connectivity index (χ4v) is 3.42. The first kappa shape index (κ1) is 14.8.